The van der Waals surface area contributed by atoms with Crippen molar-refractivity contribution in [2.24, 2.45) is 0 Å². The number of aromatic nitrogens is 3. The Balaban J connectivity index is 1.84. The Labute approximate surface area is 181 Å². The molecular weight excluding hydrogens is 396 g/mol. The summed E-state index contributed by atoms with van der Waals surface area (Å²) in [4.78, 5) is 24.3. The molecule has 0 fully saturated rings. The number of methoxy groups -OCH3 is 1. The highest BCUT2D eigenvalue weighted by Gasteiger charge is 2.18. The fourth-order valence-electron chi connectivity index (χ4n) is 3.62. The van der Waals surface area contributed by atoms with Gasteiger partial charge in [0, 0.05) is 24.2 Å². The van der Waals surface area contributed by atoms with E-state index in [0.29, 0.717) is 12.2 Å². The fourth-order valence-corrected chi connectivity index (χ4v) is 3.62. The number of H-pyrrole nitrogens is 2. The number of ether oxygens (including phenoxy) is 1. The van der Waals surface area contributed by atoms with Crippen LogP contribution in [0.2, 0.25) is 0 Å². The molecule has 0 radical (unpaired) electrons. The van der Waals surface area contributed by atoms with Crippen molar-refractivity contribution in [1.29, 1.82) is 0 Å². The van der Waals surface area contributed by atoms with Gasteiger partial charge in [-0.2, -0.15) is 0 Å². The summed E-state index contributed by atoms with van der Waals surface area (Å²) in [6.45, 7) is 2.78. The number of aryl methyl sites for hydroxylation is 1. The minimum absolute atomic E-state index is 0.0461. The Morgan fingerprint density at radius 3 is 2.94 bits per heavy atom. The van der Waals surface area contributed by atoms with E-state index in [4.69, 9.17) is 9.84 Å². The maximum absolute atomic E-state index is 11.0. The number of aliphatic carboxylic acids is 1. The maximum atomic E-state index is 11.0. The number of nitrogens with one attached hydrogen (secondary N) is 4. The van der Waals surface area contributed by atoms with E-state index in [0.717, 1.165) is 59.7 Å². The van der Waals surface area contributed by atoms with Gasteiger partial charge < -0.3 is 25.4 Å². The first-order chi connectivity index (χ1) is 15.0. The number of aromatic amines is 2. The van der Waals surface area contributed by atoms with Crippen molar-refractivity contribution in [3.8, 4) is 5.75 Å². The average Bonchev–Trinajstić information content (AvgIpc) is 3.16. The van der Waals surface area contributed by atoms with Crippen molar-refractivity contribution in [3.05, 3.63) is 41.9 Å². The van der Waals surface area contributed by atoms with Crippen LogP contribution in [0.3, 0.4) is 0 Å². The molecule has 0 aliphatic heterocycles. The highest BCUT2D eigenvalue weighted by molar-refractivity contribution is 5.90. The lowest BCUT2D eigenvalue weighted by molar-refractivity contribution is -0.352. The van der Waals surface area contributed by atoms with Crippen LogP contribution in [0.1, 0.15) is 24.0 Å². The Bertz CT molecular complexity index is 1020. The number of nitrogens with zero attached hydrogens (tertiary/aromatic N) is 2. The number of fused-ring (bicyclic) bond motifs is 1. The van der Waals surface area contributed by atoms with Crippen LogP contribution in [0.25, 0.3) is 11.0 Å². The van der Waals surface area contributed by atoms with E-state index < -0.39 is 5.97 Å². The molecule has 0 saturated heterocycles. The molecule has 0 saturated carbocycles. The predicted octanol–water partition coefficient (Wildman–Crippen LogP) is 2.19. The van der Waals surface area contributed by atoms with Gasteiger partial charge in [0.2, 0.25) is 17.8 Å². The first kappa shape index (κ1) is 22.5. The van der Waals surface area contributed by atoms with Crippen LogP contribution in [-0.4, -0.2) is 60.2 Å². The number of hydrogen-bond acceptors (Lipinski definition) is 6. The summed E-state index contributed by atoms with van der Waals surface area (Å²) in [5.41, 5.74) is 3.71. The van der Waals surface area contributed by atoms with E-state index in [1.165, 1.54) is 0 Å². The minimum atomic E-state index is -0.835. The number of rotatable bonds is 12. The molecule has 0 atom stereocenters. The fraction of sp³-hybridized carbons (Fsp3) is 0.409. The molecule has 0 amide bonds. The number of hydrogen-bond donors (Lipinski definition) is 4. The Kier molecular flexibility index (Phi) is 7.80. The average molecular weight is 428 g/mol. The lowest BCUT2D eigenvalue weighted by Crippen LogP contribution is -2.22. The zero-order valence-corrected chi connectivity index (χ0v) is 18.3. The number of carbonyl (C=O) groups is 1. The van der Waals surface area contributed by atoms with Crippen LogP contribution in [0, 0.1) is 0 Å². The van der Waals surface area contributed by atoms with Gasteiger partial charge in [0.15, 0.2) is 0 Å². The van der Waals surface area contributed by atoms with Crippen molar-refractivity contribution >= 4 is 28.5 Å². The van der Waals surface area contributed by atoms with Crippen LogP contribution in [0.5, 0.6) is 5.75 Å². The summed E-state index contributed by atoms with van der Waals surface area (Å²) in [5.74, 6) is 0.581. The largest absolute Gasteiger partial charge is 0.496 e. The first-order valence-electron chi connectivity index (χ1n) is 10.4. The lowest BCUT2D eigenvalue weighted by atomic mass is 10.1. The summed E-state index contributed by atoms with van der Waals surface area (Å²) >= 11 is 0. The Morgan fingerprint density at radius 2 is 2.19 bits per heavy atom. The van der Waals surface area contributed by atoms with E-state index in [9.17, 15) is 4.79 Å². The van der Waals surface area contributed by atoms with Gasteiger partial charge in [-0.25, -0.2) is 4.98 Å². The molecule has 0 unspecified atom stereocenters. The second-order valence-corrected chi connectivity index (χ2v) is 7.56. The number of carboxylic acid groups (broad SMARTS) is 1. The number of benzene rings is 1. The molecule has 9 heteroatoms. The Morgan fingerprint density at radius 1 is 1.35 bits per heavy atom. The third-order valence-electron chi connectivity index (χ3n) is 5.16. The normalized spacial score (nSPS) is 11.2. The smallest absolute Gasteiger partial charge is 0.303 e. The van der Waals surface area contributed by atoms with Crippen molar-refractivity contribution in [1.82, 2.24) is 20.2 Å². The lowest BCUT2D eigenvalue weighted by Gasteiger charge is -2.16. The van der Waals surface area contributed by atoms with Crippen molar-refractivity contribution in [2.75, 3.05) is 39.6 Å². The highest BCUT2D eigenvalue weighted by Crippen LogP contribution is 2.29. The second kappa shape index (κ2) is 10.7. The first-order valence-corrected chi connectivity index (χ1v) is 10.4. The van der Waals surface area contributed by atoms with Crippen molar-refractivity contribution < 1.29 is 19.6 Å². The van der Waals surface area contributed by atoms with Crippen LogP contribution in [0.15, 0.2) is 30.7 Å². The van der Waals surface area contributed by atoms with Gasteiger partial charge in [-0.1, -0.05) is 4.98 Å². The van der Waals surface area contributed by atoms with Crippen LogP contribution in [-0.2, 0) is 17.8 Å². The van der Waals surface area contributed by atoms with Gasteiger partial charge in [-0.05, 0) is 63.8 Å². The van der Waals surface area contributed by atoms with Gasteiger partial charge in [-0.3, -0.25) is 9.78 Å². The Hall–Kier alpha value is -3.17. The molecule has 2 heterocycles. The van der Waals surface area contributed by atoms with E-state index in [1.54, 1.807) is 13.4 Å². The minimum Gasteiger partial charge on any atom is -0.496 e. The van der Waals surface area contributed by atoms with Gasteiger partial charge in [0.05, 0.1) is 13.3 Å². The quantitative estimate of drug-likeness (QED) is 0.327. The van der Waals surface area contributed by atoms with E-state index >= 15 is 0 Å². The van der Waals surface area contributed by atoms with Gasteiger partial charge in [-0.15, -0.1) is 0 Å². The number of carboxylic acids is 1. The molecule has 0 bridgehead atoms. The molecule has 166 valence electrons. The summed E-state index contributed by atoms with van der Waals surface area (Å²) < 4.78 is 5.39. The van der Waals surface area contributed by atoms with Gasteiger partial charge >= 0.3 is 5.97 Å². The molecule has 31 heavy (non-hydrogen) atoms. The molecule has 9 nitrogen and oxygen atoms in total. The zero-order chi connectivity index (χ0) is 22.2. The topological polar surface area (TPSA) is 117 Å². The second-order valence-electron chi connectivity index (χ2n) is 7.56. The molecule has 2 aromatic heterocycles. The summed E-state index contributed by atoms with van der Waals surface area (Å²) in [6.07, 6.45) is 5.18. The molecule has 0 aliphatic rings. The summed E-state index contributed by atoms with van der Waals surface area (Å²) in [7, 11) is 5.66. The van der Waals surface area contributed by atoms with Crippen molar-refractivity contribution in [3.63, 3.8) is 0 Å². The number of anilines is 2. The van der Waals surface area contributed by atoms with Gasteiger partial charge in [0.1, 0.15) is 11.1 Å². The highest BCUT2D eigenvalue weighted by atomic mass is 16.5. The SMILES string of the molecule is CNCCCN(C)Cc1c[nH]c2[nH+]cnc(Nc3ccc(OC)c(CCC(=O)O)c3)c12. The molecule has 1 aromatic carbocycles. The standard InChI is InChI=1S/C22H30N6O3/c1-23-9-4-10-28(2)13-16-12-24-21-20(16)22(26-14-25-21)27-17-6-7-18(31-3)15(11-17)5-8-19(29)30/h6-7,11-12,14,23H,4-5,8-10,13H2,1-3H3,(H,29,30)(H2,24,25,26,27)/p+1. The van der Waals surface area contributed by atoms with E-state index in [1.807, 2.05) is 31.4 Å². The van der Waals surface area contributed by atoms with Crippen LogP contribution in [0.4, 0.5) is 11.5 Å². The van der Waals surface area contributed by atoms with E-state index in [2.05, 4.69) is 37.5 Å². The van der Waals surface area contributed by atoms with Crippen LogP contribution >= 0.6 is 0 Å². The third kappa shape index (κ3) is 5.93. The molecule has 5 N–H and O–H groups in total. The predicted molar refractivity (Wildman–Crippen MR) is 120 cm³/mol. The molecular formula is C22H31N6O3+. The molecule has 3 rings (SSSR count). The van der Waals surface area contributed by atoms with Crippen molar-refractivity contribution in [2.45, 2.75) is 25.8 Å². The summed E-state index contributed by atoms with van der Waals surface area (Å²) in [6, 6.07) is 5.67. The summed E-state index contributed by atoms with van der Waals surface area (Å²) in [5, 5.41) is 16.6. The van der Waals surface area contributed by atoms with Gasteiger partial charge in [0.25, 0.3) is 0 Å². The molecule has 3 aromatic rings. The monoisotopic (exact) mass is 427 g/mol. The zero-order valence-electron chi connectivity index (χ0n) is 18.3. The van der Waals surface area contributed by atoms with Crippen LogP contribution < -0.4 is 20.4 Å². The van der Waals surface area contributed by atoms with E-state index in [-0.39, 0.29) is 6.42 Å². The third-order valence-corrected chi connectivity index (χ3v) is 5.16. The molecule has 0 spiro atoms. The molecule has 0 aliphatic carbocycles. The maximum Gasteiger partial charge on any atom is 0.303 e.